The molecule has 0 saturated heterocycles. The van der Waals surface area contributed by atoms with Gasteiger partial charge in [-0.05, 0) is 67.1 Å². The van der Waals surface area contributed by atoms with Crippen LogP contribution in [0, 0.1) is 0 Å². The number of nitrogens with one attached hydrogen (secondary N) is 1. The highest BCUT2D eigenvalue weighted by Crippen LogP contribution is 2.27. The molecule has 0 aliphatic heterocycles. The van der Waals surface area contributed by atoms with Gasteiger partial charge in [0.25, 0.3) is 5.91 Å². The molecule has 5 nitrogen and oxygen atoms in total. The van der Waals surface area contributed by atoms with E-state index in [1.165, 1.54) is 0 Å². The summed E-state index contributed by atoms with van der Waals surface area (Å²) in [6, 6.07) is 20.9. The smallest absolute Gasteiger partial charge is 0.313 e. The summed E-state index contributed by atoms with van der Waals surface area (Å²) in [5, 5.41) is 12.9. The second-order valence-electron chi connectivity index (χ2n) is 9.05. The van der Waals surface area contributed by atoms with Gasteiger partial charge in [0.05, 0.1) is 17.6 Å². The molecule has 0 saturated carbocycles. The predicted molar refractivity (Wildman–Crippen MR) is 140 cm³/mol. The van der Waals surface area contributed by atoms with Crippen LogP contribution in [0.2, 0.25) is 5.02 Å². The van der Waals surface area contributed by atoms with Gasteiger partial charge in [-0.3, -0.25) is 9.59 Å². The number of rotatable bonds is 11. The van der Waals surface area contributed by atoms with Crippen molar-refractivity contribution in [1.29, 1.82) is 0 Å². The lowest BCUT2D eigenvalue weighted by Gasteiger charge is -2.19. The Kier molecular flexibility index (Phi) is 8.94. The minimum atomic E-state index is -0.930. The van der Waals surface area contributed by atoms with Gasteiger partial charge in [0.2, 0.25) is 0 Å². The molecule has 3 rings (SSSR count). The normalized spacial score (nSPS) is 11.2. The maximum atomic E-state index is 12.7. The topological polar surface area (TPSA) is 75.6 Å². The second kappa shape index (κ2) is 11.9. The maximum Gasteiger partial charge on any atom is 0.313 e. The highest BCUT2D eigenvalue weighted by atomic mass is 35.5. The molecule has 0 heterocycles. The third kappa shape index (κ3) is 6.86. The molecule has 6 heteroatoms. The Bertz CT molecular complexity index is 1150. The molecule has 3 aromatic carbocycles. The van der Waals surface area contributed by atoms with Gasteiger partial charge in [0.1, 0.15) is 5.75 Å². The van der Waals surface area contributed by atoms with E-state index in [9.17, 15) is 14.7 Å². The number of carbonyl (C=O) groups is 2. The Morgan fingerprint density at radius 2 is 1.60 bits per heavy atom. The lowest BCUT2D eigenvalue weighted by atomic mass is 9.84. The minimum Gasteiger partial charge on any atom is -0.493 e. The first-order chi connectivity index (χ1) is 16.7. The maximum absolute atomic E-state index is 12.7. The van der Waals surface area contributed by atoms with Gasteiger partial charge < -0.3 is 15.2 Å². The summed E-state index contributed by atoms with van der Waals surface area (Å²) < 4.78 is 5.76. The van der Waals surface area contributed by atoms with Crippen LogP contribution in [-0.2, 0) is 16.6 Å². The number of unbranched alkanes of at least 4 members (excludes halogenated alkanes) is 1. The summed E-state index contributed by atoms with van der Waals surface area (Å²) in [5.41, 5.74) is 3.44. The zero-order valence-corrected chi connectivity index (χ0v) is 21.2. The fourth-order valence-corrected chi connectivity index (χ4v) is 3.79. The zero-order valence-electron chi connectivity index (χ0n) is 20.4. The number of ether oxygens (including phenoxy) is 1. The lowest BCUT2D eigenvalue weighted by Crippen LogP contribution is -2.28. The van der Waals surface area contributed by atoms with Crippen molar-refractivity contribution < 1.29 is 19.4 Å². The Morgan fingerprint density at radius 1 is 0.971 bits per heavy atom. The van der Waals surface area contributed by atoms with E-state index in [1.807, 2.05) is 48.5 Å². The van der Waals surface area contributed by atoms with E-state index in [4.69, 9.17) is 16.3 Å². The van der Waals surface area contributed by atoms with Gasteiger partial charge in [-0.1, -0.05) is 73.5 Å². The summed E-state index contributed by atoms with van der Waals surface area (Å²) in [6.07, 6.45) is 2.62. The quantitative estimate of drug-likeness (QED) is 0.298. The van der Waals surface area contributed by atoms with Crippen LogP contribution in [0.25, 0.3) is 11.1 Å². The third-order valence-corrected chi connectivity index (χ3v) is 6.30. The van der Waals surface area contributed by atoms with Crippen molar-refractivity contribution >= 4 is 23.5 Å². The van der Waals surface area contributed by atoms with Gasteiger partial charge in [0.15, 0.2) is 0 Å². The molecular formula is C29H32ClNO4. The van der Waals surface area contributed by atoms with Crippen LogP contribution in [0.5, 0.6) is 5.75 Å². The molecule has 0 unspecified atom stereocenters. The summed E-state index contributed by atoms with van der Waals surface area (Å²) in [7, 11) is 0. The largest absolute Gasteiger partial charge is 0.493 e. The van der Waals surface area contributed by atoms with E-state index >= 15 is 0 Å². The van der Waals surface area contributed by atoms with Crippen LogP contribution in [0.3, 0.4) is 0 Å². The Morgan fingerprint density at radius 3 is 2.20 bits per heavy atom. The predicted octanol–water partition coefficient (Wildman–Crippen LogP) is 6.52. The second-order valence-corrected chi connectivity index (χ2v) is 9.49. The number of hydrogen-bond donors (Lipinski definition) is 2. The highest BCUT2D eigenvalue weighted by molar-refractivity contribution is 6.31. The van der Waals surface area contributed by atoms with Crippen LogP contribution in [0.4, 0.5) is 0 Å². The fraction of sp³-hybridized carbons (Fsp3) is 0.310. The monoisotopic (exact) mass is 493 g/mol. The van der Waals surface area contributed by atoms with Crippen molar-refractivity contribution in [3.8, 4) is 16.9 Å². The summed E-state index contributed by atoms with van der Waals surface area (Å²) in [6.45, 7) is 6.53. The Labute approximate surface area is 212 Å². The van der Waals surface area contributed by atoms with E-state index in [1.54, 1.807) is 32.0 Å². The molecule has 0 atom stereocenters. The van der Waals surface area contributed by atoms with E-state index in [0.29, 0.717) is 35.9 Å². The van der Waals surface area contributed by atoms with Crippen molar-refractivity contribution in [3.05, 3.63) is 88.4 Å². The van der Waals surface area contributed by atoms with Gasteiger partial charge in [-0.25, -0.2) is 0 Å². The molecule has 0 bridgehead atoms. The number of hydrogen-bond acceptors (Lipinski definition) is 3. The number of carboxylic acid groups (broad SMARTS) is 1. The van der Waals surface area contributed by atoms with Gasteiger partial charge in [-0.15, -0.1) is 0 Å². The standard InChI is InChI=1S/C29H32ClNO4/c1-4-5-18-35-26-15-14-24(30)19-25(26)27(32)31-17-16-20-6-8-21(9-7-20)22-10-12-23(13-11-22)29(2,3)28(33)34/h6-15,19H,4-5,16-18H2,1-3H3,(H,31,32)(H,33,34). The van der Waals surface area contributed by atoms with Crippen molar-refractivity contribution in [1.82, 2.24) is 5.32 Å². The number of aliphatic carboxylic acids is 1. The molecule has 3 aromatic rings. The summed E-state index contributed by atoms with van der Waals surface area (Å²) in [4.78, 5) is 24.2. The molecule has 35 heavy (non-hydrogen) atoms. The lowest BCUT2D eigenvalue weighted by molar-refractivity contribution is -0.142. The van der Waals surface area contributed by atoms with Gasteiger partial charge >= 0.3 is 5.97 Å². The zero-order chi connectivity index (χ0) is 25.4. The molecular weight excluding hydrogens is 462 g/mol. The number of carbonyl (C=O) groups excluding carboxylic acids is 1. The van der Waals surface area contributed by atoms with Gasteiger partial charge in [-0.2, -0.15) is 0 Å². The number of halogens is 1. The molecule has 0 spiro atoms. The first kappa shape index (κ1) is 26.3. The molecule has 0 aliphatic rings. The van der Waals surface area contributed by atoms with Crippen molar-refractivity contribution in [2.24, 2.45) is 0 Å². The third-order valence-electron chi connectivity index (χ3n) is 6.07. The van der Waals surface area contributed by atoms with Crippen LogP contribution in [0.1, 0.15) is 55.1 Å². The van der Waals surface area contributed by atoms with Gasteiger partial charge in [0, 0.05) is 11.6 Å². The molecule has 0 fully saturated rings. The molecule has 0 aromatic heterocycles. The van der Waals surface area contributed by atoms with Crippen LogP contribution >= 0.6 is 11.6 Å². The van der Waals surface area contributed by atoms with E-state index < -0.39 is 11.4 Å². The average molecular weight is 494 g/mol. The van der Waals surface area contributed by atoms with E-state index in [-0.39, 0.29) is 5.91 Å². The van der Waals surface area contributed by atoms with Crippen LogP contribution in [-0.4, -0.2) is 30.1 Å². The highest BCUT2D eigenvalue weighted by Gasteiger charge is 2.29. The molecule has 1 amide bonds. The molecule has 0 radical (unpaired) electrons. The first-order valence-electron chi connectivity index (χ1n) is 11.9. The van der Waals surface area contributed by atoms with Crippen molar-refractivity contribution in [2.75, 3.05) is 13.2 Å². The van der Waals surface area contributed by atoms with Crippen molar-refractivity contribution in [2.45, 2.75) is 45.4 Å². The van der Waals surface area contributed by atoms with Crippen LogP contribution in [0.15, 0.2) is 66.7 Å². The number of amides is 1. The first-order valence-corrected chi connectivity index (χ1v) is 12.2. The number of carboxylic acids is 1. The van der Waals surface area contributed by atoms with E-state index in [2.05, 4.69) is 12.2 Å². The SMILES string of the molecule is CCCCOc1ccc(Cl)cc1C(=O)NCCc1ccc(-c2ccc(C(C)(C)C(=O)O)cc2)cc1. The summed E-state index contributed by atoms with van der Waals surface area (Å²) >= 11 is 6.10. The van der Waals surface area contributed by atoms with Crippen molar-refractivity contribution in [3.63, 3.8) is 0 Å². The average Bonchev–Trinajstić information content (AvgIpc) is 2.85. The fourth-order valence-electron chi connectivity index (χ4n) is 3.61. The molecule has 2 N–H and O–H groups in total. The summed E-state index contributed by atoms with van der Waals surface area (Å²) in [5.74, 6) is -0.514. The Balaban J connectivity index is 1.58. The Hall–Kier alpha value is -3.31. The molecule has 184 valence electrons. The molecule has 0 aliphatic carbocycles. The van der Waals surface area contributed by atoms with E-state index in [0.717, 1.165) is 35.1 Å². The number of benzene rings is 3. The van der Waals surface area contributed by atoms with Crippen LogP contribution < -0.4 is 10.1 Å². The minimum absolute atomic E-state index is 0.208.